The molecule has 0 aliphatic carbocycles. The van der Waals surface area contributed by atoms with Crippen LogP contribution in [0.2, 0.25) is 0 Å². The number of rotatable bonds is 5. The van der Waals surface area contributed by atoms with Crippen LogP contribution in [0.5, 0.6) is 0 Å². The minimum atomic E-state index is -0.303. The molecule has 6 nitrogen and oxygen atoms in total. The van der Waals surface area contributed by atoms with Crippen molar-refractivity contribution in [1.82, 2.24) is 19.4 Å². The lowest BCUT2D eigenvalue weighted by Crippen LogP contribution is -2.03. The number of fused-ring (bicyclic) bond motifs is 1. The van der Waals surface area contributed by atoms with Crippen LogP contribution in [-0.4, -0.2) is 31.0 Å². The number of anilines is 1. The molecule has 27 heavy (non-hydrogen) atoms. The van der Waals surface area contributed by atoms with E-state index in [4.69, 9.17) is 4.98 Å². The van der Waals surface area contributed by atoms with Gasteiger partial charge in [0.15, 0.2) is 0 Å². The minimum absolute atomic E-state index is 0.0668. The smallest absolute Gasteiger partial charge is 0.223 e. The number of aliphatic hydroxyl groups is 1. The summed E-state index contributed by atoms with van der Waals surface area (Å²) in [5.74, 6) is 0.227. The maximum absolute atomic E-state index is 13.4. The van der Waals surface area contributed by atoms with Crippen LogP contribution in [0.3, 0.4) is 0 Å². The van der Waals surface area contributed by atoms with Gasteiger partial charge in [0, 0.05) is 24.5 Å². The molecule has 3 aromatic heterocycles. The van der Waals surface area contributed by atoms with Crippen molar-refractivity contribution >= 4 is 11.6 Å². The van der Waals surface area contributed by atoms with Gasteiger partial charge in [-0.25, -0.2) is 19.3 Å². The summed E-state index contributed by atoms with van der Waals surface area (Å²) < 4.78 is 15.3. The van der Waals surface area contributed by atoms with E-state index in [0.29, 0.717) is 29.5 Å². The van der Waals surface area contributed by atoms with Crippen LogP contribution in [0.15, 0.2) is 54.9 Å². The minimum Gasteiger partial charge on any atom is -0.392 e. The first-order chi connectivity index (χ1) is 13.2. The highest BCUT2D eigenvalue weighted by Gasteiger charge is 2.18. The lowest BCUT2D eigenvalue weighted by molar-refractivity contribution is 0.282. The van der Waals surface area contributed by atoms with Gasteiger partial charge < -0.3 is 10.4 Å². The van der Waals surface area contributed by atoms with Crippen LogP contribution in [0.4, 0.5) is 10.3 Å². The van der Waals surface area contributed by atoms with Crippen molar-refractivity contribution in [3.05, 3.63) is 66.2 Å². The van der Waals surface area contributed by atoms with Crippen molar-refractivity contribution in [3.63, 3.8) is 0 Å². The number of hydrogen-bond donors (Lipinski definition) is 2. The number of imidazole rings is 1. The maximum Gasteiger partial charge on any atom is 0.223 e. The van der Waals surface area contributed by atoms with Crippen LogP contribution < -0.4 is 5.32 Å². The Hall–Kier alpha value is -3.32. The van der Waals surface area contributed by atoms with Crippen LogP contribution in [-0.2, 0) is 6.61 Å². The summed E-state index contributed by atoms with van der Waals surface area (Å²) in [5, 5.41) is 12.5. The Bertz CT molecular complexity index is 1090. The molecule has 4 aromatic rings. The molecule has 0 unspecified atom stereocenters. The van der Waals surface area contributed by atoms with E-state index in [1.165, 1.54) is 12.1 Å². The molecule has 4 rings (SSSR count). The van der Waals surface area contributed by atoms with Gasteiger partial charge in [-0.3, -0.25) is 4.40 Å². The van der Waals surface area contributed by atoms with Gasteiger partial charge in [-0.2, -0.15) is 0 Å². The number of pyridine rings is 1. The van der Waals surface area contributed by atoms with Crippen LogP contribution in [0.1, 0.15) is 12.5 Å². The van der Waals surface area contributed by atoms with Crippen molar-refractivity contribution in [3.8, 4) is 22.6 Å². The van der Waals surface area contributed by atoms with Crippen molar-refractivity contribution in [2.75, 3.05) is 11.9 Å². The van der Waals surface area contributed by atoms with Crippen molar-refractivity contribution < 1.29 is 9.50 Å². The summed E-state index contributed by atoms with van der Waals surface area (Å²) in [5.41, 5.74) is 4.39. The fourth-order valence-corrected chi connectivity index (χ4v) is 2.97. The van der Waals surface area contributed by atoms with Crippen LogP contribution in [0.25, 0.3) is 28.3 Å². The van der Waals surface area contributed by atoms with E-state index in [9.17, 15) is 9.50 Å². The molecular weight excluding hydrogens is 345 g/mol. The van der Waals surface area contributed by atoms with Gasteiger partial charge in [0.25, 0.3) is 0 Å². The lowest BCUT2D eigenvalue weighted by Gasteiger charge is -2.07. The summed E-state index contributed by atoms with van der Waals surface area (Å²) >= 11 is 0. The van der Waals surface area contributed by atoms with E-state index in [2.05, 4.69) is 15.3 Å². The normalized spacial score (nSPS) is 11.1. The number of nitrogens with one attached hydrogen (secondary N) is 1. The maximum atomic E-state index is 13.4. The standard InChI is InChI=1S/C20H18FN5O/c1-2-22-20-23-9-7-16(24-20)19-18(14-3-5-15(21)6-4-14)25-17-11-13(12-27)8-10-26(17)19/h3-11,27H,2,12H2,1H3,(H,22,23,24). The summed E-state index contributed by atoms with van der Waals surface area (Å²) in [6.07, 6.45) is 3.54. The predicted octanol–water partition coefficient (Wildman–Crippen LogP) is 3.52. The molecule has 0 fully saturated rings. The molecule has 0 spiro atoms. The molecule has 136 valence electrons. The zero-order chi connectivity index (χ0) is 18.8. The second-order valence-electron chi connectivity index (χ2n) is 6.03. The van der Waals surface area contributed by atoms with E-state index in [0.717, 1.165) is 16.8 Å². The molecule has 1 aromatic carbocycles. The number of aliphatic hydroxyl groups excluding tert-OH is 1. The zero-order valence-corrected chi connectivity index (χ0v) is 14.7. The highest BCUT2D eigenvalue weighted by molar-refractivity contribution is 5.80. The Morgan fingerprint density at radius 3 is 2.67 bits per heavy atom. The fourth-order valence-electron chi connectivity index (χ4n) is 2.97. The van der Waals surface area contributed by atoms with Crippen molar-refractivity contribution in [1.29, 1.82) is 0 Å². The first-order valence-electron chi connectivity index (χ1n) is 8.64. The van der Waals surface area contributed by atoms with Crippen LogP contribution >= 0.6 is 0 Å². The van der Waals surface area contributed by atoms with E-state index >= 15 is 0 Å². The third-order valence-corrected chi connectivity index (χ3v) is 4.22. The molecule has 0 atom stereocenters. The molecule has 0 saturated carbocycles. The van der Waals surface area contributed by atoms with Gasteiger partial charge in [0.2, 0.25) is 5.95 Å². The third-order valence-electron chi connectivity index (χ3n) is 4.22. The molecule has 0 radical (unpaired) electrons. The summed E-state index contributed by atoms with van der Waals surface area (Å²) in [4.78, 5) is 13.5. The Kier molecular flexibility index (Phi) is 4.52. The van der Waals surface area contributed by atoms with E-state index in [1.807, 2.05) is 35.7 Å². The van der Waals surface area contributed by atoms with E-state index in [1.54, 1.807) is 18.3 Å². The van der Waals surface area contributed by atoms with Gasteiger partial charge in [-0.1, -0.05) is 0 Å². The summed E-state index contributed by atoms with van der Waals surface area (Å²) in [7, 11) is 0. The first-order valence-corrected chi connectivity index (χ1v) is 8.64. The Morgan fingerprint density at radius 2 is 1.93 bits per heavy atom. The molecule has 0 amide bonds. The van der Waals surface area contributed by atoms with E-state index in [-0.39, 0.29) is 12.4 Å². The fraction of sp³-hybridized carbons (Fsp3) is 0.150. The average molecular weight is 363 g/mol. The van der Waals surface area contributed by atoms with E-state index < -0.39 is 0 Å². The molecule has 2 N–H and O–H groups in total. The van der Waals surface area contributed by atoms with Crippen molar-refractivity contribution in [2.24, 2.45) is 0 Å². The number of aromatic nitrogens is 4. The number of benzene rings is 1. The summed E-state index contributed by atoms with van der Waals surface area (Å²) in [6, 6.07) is 11.7. The van der Waals surface area contributed by atoms with Gasteiger partial charge in [-0.15, -0.1) is 0 Å². The molecular formula is C20H18FN5O. The molecule has 3 heterocycles. The lowest BCUT2D eigenvalue weighted by atomic mass is 10.1. The van der Waals surface area contributed by atoms with Gasteiger partial charge in [-0.05, 0) is 55.0 Å². The highest BCUT2D eigenvalue weighted by Crippen LogP contribution is 2.32. The van der Waals surface area contributed by atoms with Gasteiger partial charge >= 0.3 is 0 Å². The number of halogens is 1. The second-order valence-corrected chi connectivity index (χ2v) is 6.03. The third kappa shape index (κ3) is 3.24. The molecule has 0 bridgehead atoms. The quantitative estimate of drug-likeness (QED) is 0.567. The second kappa shape index (κ2) is 7.13. The highest BCUT2D eigenvalue weighted by atomic mass is 19.1. The summed E-state index contributed by atoms with van der Waals surface area (Å²) in [6.45, 7) is 2.62. The number of nitrogens with zero attached hydrogens (tertiary/aromatic N) is 4. The van der Waals surface area contributed by atoms with Gasteiger partial charge in [0.05, 0.1) is 23.7 Å². The molecule has 7 heteroatoms. The molecule has 0 saturated heterocycles. The molecule has 0 aliphatic heterocycles. The molecule has 0 aliphatic rings. The largest absolute Gasteiger partial charge is 0.392 e. The Labute approximate surface area is 155 Å². The number of hydrogen-bond acceptors (Lipinski definition) is 5. The zero-order valence-electron chi connectivity index (χ0n) is 14.7. The predicted molar refractivity (Wildman–Crippen MR) is 102 cm³/mol. The SMILES string of the molecule is CCNc1nccc(-c2c(-c3ccc(F)cc3)nc3cc(CO)ccn23)n1. The van der Waals surface area contributed by atoms with Gasteiger partial charge in [0.1, 0.15) is 11.5 Å². The first kappa shape index (κ1) is 17.1. The Balaban J connectivity index is 1.97. The monoisotopic (exact) mass is 363 g/mol. The van der Waals surface area contributed by atoms with Crippen LogP contribution in [0, 0.1) is 5.82 Å². The van der Waals surface area contributed by atoms with Crippen molar-refractivity contribution in [2.45, 2.75) is 13.5 Å². The topological polar surface area (TPSA) is 75.3 Å². The Morgan fingerprint density at radius 1 is 1.11 bits per heavy atom. The average Bonchev–Trinajstić information content (AvgIpc) is 3.07.